The lowest BCUT2D eigenvalue weighted by Crippen LogP contribution is -2.49. The van der Waals surface area contributed by atoms with Crippen LogP contribution in [-0.2, 0) is 16.1 Å². The van der Waals surface area contributed by atoms with Crippen molar-refractivity contribution in [1.29, 1.82) is 0 Å². The Morgan fingerprint density at radius 3 is 2.43 bits per heavy atom. The zero-order valence-corrected chi connectivity index (χ0v) is 19.5. The molecule has 0 aromatic heterocycles. The number of amides is 2. The molecular weight excluding hydrogens is 423 g/mol. The summed E-state index contributed by atoms with van der Waals surface area (Å²) in [6.45, 7) is 10.00. The van der Waals surface area contributed by atoms with Crippen molar-refractivity contribution in [3.63, 3.8) is 0 Å². The molecule has 0 aliphatic heterocycles. The van der Waals surface area contributed by atoms with Gasteiger partial charge in [-0.3, -0.25) is 9.59 Å². The third-order valence-electron chi connectivity index (χ3n) is 4.97. The molecule has 0 radical (unpaired) electrons. The first-order chi connectivity index (χ1) is 14.1. The Kier molecular flexibility index (Phi) is 8.56. The van der Waals surface area contributed by atoms with Crippen LogP contribution in [0.2, 0.25) is 10.0 Å². The molecule has 0 aliphatic rings. The topological polar surface area (TPSA) is 58.6 Å². The fourth-order valence-electron chi connectivity index (χ4n) is 3.11. The van der Waals surface area contributed by atoms with Gasteiger partial charge < -0.3 is 15.0 Å². The third kappa shape index (κ3) is 6.13. The van der Waals surface area contributed by atoms with Crippen LogP contribution in [0.25, 0.3) is 0 Å². The highest BCUT2D eigenvalue weighted by atomic mass is 35.5. The molecule has 1 N–H and O–H groups in total. The van der Waals surface area contributed by atoms with Gasteiger partial charge in [-0.2, -0.15) is 0 Å². The molecule has 0 heterocycles. The van der Waals surface area contributed by atoms with Crippen molar-refractivity contribution in [2.45, 2.75) is 47.2 Å². The van der Waals surface area contributed by atoms with E-state index in [0.717, 1.165) is 22.3 Å². The molecule has 2 amide bonds. The van der Waals surface area contributed by atoms with Crippen molar-refractivity contribution in [3.05, 3.63) is 62.6 Å². The number of nitrogens with one attached hydrogen (secondary N) is 1. The summed E-state index contributed by atoms with van der Waals surface area (Å²) in [6.07, 6.45) is 0. The van der Waals surface area contributed by atoms with Crippen molar-refractivity contribution < 1.29 is 14.3 Å². The van der Waals surface area contributed by atoms with Crippen LogP contribution in [0.1, 0.15) is 36.1 Å². The fraction of sp³-hybridized carbons (Fsp3) is 0.391. The molecule has 1 atom stereocenters. The Morgan fingerprint density at radius 2 is 1.80 bits per heavy atom. The number of aryl methyl sites for hydroxylation is 2. The van der Waals surface area contributed by atoms with Crippen molar-refractivity contribution in [2.24, 2.45) is 0 Å². The summed E-state index contributed by atoms with van der Waals surface area (Å²) in [5.41, 5.74) is 3.92. The Morgan fingerprint density at radius 1 is 1.10 bits per heavy atom. The summed E-state index contributed by atoms with van der Waals surface area (Å²) >= 11 is 12.1. The summed E-state index contributed by atoms with van der Waals surface area (Å²) in [6, 6.07) is 8.46. The van der Waals surface area contributed by atoms with Gasteiger partial charge in [0.05, 0.1) is 10.0 Å². The second kappa shape index (κ2) is 10.7. The van der Waals surface area contributed by atoms with Gasteiger partial charge in [0.25, 0.3) is 5.91 Å². The normalized spacial score (nSPS) is 11.7. The highest BCUT2D eigenvalue weighted by Crippen LogP contribution is 2.25. The van der Waals surface area contributed by atoms with E-state index in [-0.39, 0.29) is 25.0 Å². The average molecular weight is 451 g/mol. The van der Waals surface area contributed by atoms with E-state index in [4.69, 9.17) is 27.9 Å². The van der Waals surface area contributed by atoms with E-state index in [2.05, 4.69) is 11.4 Å². The first-order valence-electron chi connectivity index (χ1n) is 9.85. The van der Waals surface area contributed by atoms with Crippen LogP contribution in [0.4, 0.5) is 0 Å². The highest BCUT2D eigenvalue weighted by Gasteiger charge is 2.26. The van der Waals surface area contributed by atoms with Gasteiger partial charge in [-0.15, -0.1) is 0 Å². The maximum atomic E-state index is 13.1. The van der Waals surface area contributed by atoms with Gasteiger partial charge in [0.2, 0.25) is 5.91 Å². The number of benzene rings is 2. The van der Waals surface area contributed by atoms with Crippen LogP contribution in [0.5, 0.6) is 5.75 Å². The number of hydrogen-bond donors (Lipinski definition) is 1. The number of carbonyl (C=O) groups is 2. The average Bonchev–Trinajstić information content (AvgIpc) is 2.69. The monoisotopic (exact) mass is 450 g/mol. The zero-order chi connectivity index (χ0) is 22.4. The lowest BCUT2D eigenvalue weighted by molar-refractivity contribution is -0.142. The number of halogens is 2. The summed E-state index contributed by atoms with van der Waals surface area (Å²) in [5.74, 6) is 0.146. The molecule has 2 rings (SSSR count). The number of hydrogen-bond acceptors (Lipinski definition) is 3. The minimum absolute atomic E-state index is 0.172. The largest absolute Gasteiger partial charge is 0.483 e. The zero-order valence-electron chi connectivity index (χ0n) is 18.0. The molecule has 0 saturated carbocycles. The minimum atomic E-state index is -0.671. The second-order valence-electron chi connectivity index (χ2n) is 7.33. The predicted octanol–water partition coefficient (Wildman–Crippen LogP) is 4.85. The SMILES string of the molecule is CCNC(=O)[C@H](C)N(Cc1ccc(Cl)c(Cl)c1)C(=O)COc1cc(C)cc(C)c1C. The molecular formula is C23H28Cl2N2O3. The van der Waals surface area contributed by atoms with Crippen LogP contribution in [0.15, 0.2) is 30.3 Å². The molecule has 0 bridgehead atoms. The van der Waals surface area contributed by atoms with E-state index < -0.39 is 6.04 Å². The molecule has 2 aromatic rings. The van der Waals surface area contributed by atoms with Crippen molar-refractivity contribution in [1.82, 2.24) is 10.2 Å². The Labute approximate surface area is 188 Å². The second-order valence-corrected chi connectivity index (χ2v) is 8.15. The molecule has 162 valence electrons. The van der Waals surface area contributed by atoms with Crippen molar-refractivity contribution in [3.8, 4) is 5.75 Å². The Hall–Kier alpha value is -2.24. The predicted molar refractivity (Wildman–Crippen MR) is 121 cm³/mol. The minimum Gasteiger partial charge on any atom is -0.483 e. The molecule has 0 fully saturated rings. The summed E-state index contributed by atoms with van der Waals surface area (Å²) < 4.78 is 5.84. The smallest absolute Gasteiger partial charge is 0.261 e. The van der Waals surface area contributed by atoms with Gasteiger partial charge >= 0.3 is 0 Å². The van der Waals surface area contributed by atoms with E-state index in [9.17, 15) is 9.59 Å². The van der Waals surface area contributed by atoms with Crippen molar-refractivity contribution >= 4 is 35.0 Å². The number of nitrogens with zero attached hydrogens (tertiary/aromatic N) is 1. The van der Waals surface area contributed by atoms with Crippen LogP contribution in [0.3, 0.4) is 0 Å². The first kappa shape index (κ1) is 24.0. The van der Waals surface area contributed by atoms with Gasteiger partial charge in [-0.05, 0) is 75.1 Å². The van der Waals surface area contributed by atoms with E-state index in [1.807, 2.05) is 33.8 Å². The maximum Gasteiger partial charge on any atom is 0.261 e. The maximum absolute atomic E-state index is 13.1. The molecule has 7 heteroatoms. The van der Waals surface area contributed by atoms with E-state index in [1.165, 1.54) is 4.90 Å². The Balaban J connectivity index is 2.23. The van der Waals surface area contributed by atoms with E-state index in [1.54, 1.807) is 25.1 Å². The van der Waals surface area contributed by atoms with Crippen LogP contribution in [0, 0.1) is 20.8 Å². The number of likely N-dealkylation sites (N-methyl/N-ethyl adjacent to an activating group) is 1. The van der Waals surface area contributed by atoms with Crippen LogP contribution < -0.4 is 10.1 Å². The third-order valence-corrected chi connectivity index (χ3v) is 5.71. The highest BCUT2D eigenvalue weighted by molar-refractivity contribution is 6.42. The van der Waals surface area contributed by atoms with E-state index in [0.29, 0.717) is 22.3 Å². The molecule has 2 aromatic carbocycles. The first-order valence-corrected chi connectivity index (χ1v) is 10.6. The van der Waals surface area contributed by atoms with Gasteiger partial charge in [0, 0.05) is 13.1 Å². The van der Waals surface area contributed by atoms with Gasteiger partial charge in [-0.25, -0.2) is 0 Å². The van der Waals surface area contributed by atoms with Crippen molar-refractivity contribution in [2.75, 3.05) is 13.2 Å². The number of rotatable bonds is 8. The molecule has 0 aliphatic carbocycles. The molecule has 0 spiro atoms. The number of carbonyl (C=O) groups excluding carboxylic acids is 2. The summed E-state index contributed by atoms with van der Waals surface area (Å²) in [7, 11) is 0. The summed E-state index contributed by atoms with van der Waals surface area (Å²) in [4.78, 5) is 27.0. The fourth-order valence-corrected chi connectivity index (χ4v) is 3.43. The molecule has 5 nitrogen and oxygen atoms in total. The lowest BCUT2D eigenvalue weighted by Gasteiger charge is -2.29. The summed E-state index contributed by atoms with van der Waals surface area (Å²) in [5, 5.41) is 3.60. The van der Waals surface area contributed by atoms with E-state index >= 15 is 0 Å². The standard InChI is InChI=1S/C23H28Cl2N2O3/c1-6-26-23(29)17(5)27(12-18-7-8-19(24)20(25)11-18)22(28)13-30-21-10-14(2)9-15(3)16(21)4/h7-11,17H,6,12-13H2,1-5H3,(H,26,29)/t17-/m0/s1. The van der Waals surface area contributed by atoms with Crippen LogP contribution in [-0.4, -0.2) is 35.9 Å². The lowest BCUT2D eigenvalue weighted by atomic mass is 10.1. The number of ether oxygens (including phenoxy) is 1. The molecule has 30 heavy (non-hydrogen) atoms. The van der Waals surface area contributed by atoms with Crippen LogP contribution >= 0.6 is 23.2 Å². The van der Waals surface area contributed by atoms with Gasteiger partial charge in [0.1, 0.15) is 11.8 Å². The molecule has 0 saturated heterocycles. The Bertz CT molecular complexity index is 931. The van der Waals surface area contributed by atoms with Gasteiger partial charge in [-0.1, -0.05) is 35.3 Å². The molecule has 0 unspecified atom stereocenters. The van der Waals surface area contributed by atoms with Gasteiger partial charge in [0.15, 0.2) is 6.61 Å². The quantitative estimate of drug-likeness (QED) is 0.624.